The monoisotopic (exact) mass is 269 g/mol. The number of hydrogen-bond donors (Lipinski definition) is 1. The second-order valence-electron chi connectivity index (χ2n) is 4.00. The first-order valence-corrected chi connectivity index (χ1v) is 5.84. The van der Waals surface area contributed by atoms with Crippen molar-refractivity contribution in [1.29, 1.82) is 0 Å². The van der Waals surface area contributed by atoms with Crippen LogP contribution in [0.25, 0.3) is 23.0 Å². The number of rotatable bonds is 3. The third-order valence-corrected chi connectivity index (χ3v) is 2.68. The first kappa shape index (κ1) is 12.1. The normalized spacial score (nSPS) is 10.4. The lowest BCUT2D eigenvalue weighted by Gasteiger charge is -1.98. The predicted octanol–water partition coefficient (Wildman–Crippen LogP) is 1.78. The van der Waals surface area contributed by atoms with Crippen molar-refractivity contribution in [2.45, 2.75) is 0 Å². The highest BCUT2D eigenvalue weighted by Crippen LogP contribution is 2.22. The van der Waals surface area contributed by atoms with Gasteiger partial charge in [0.2, 0.25) is 5.82 Å². The molecule has 0 bridgehead atoms. The van der Waals surface area contributed by atoms with E-state index in [0.29, 0.717) is 23.2 Å². The summed E-state index contributed by atoms with van der Waals surface area (Å²) in [7, 11) is 1.61. The lowest BCUT2D eigenvalue weighted by molar-refractivity contribution is 0.414. The molecule has 0 aliphatic carbocycles. The van der Waals surface area contributed by atoms with Crippen molar-refractivity contribution in [3.05, 3.63) is 36.4 Å². The average Bonchev–Trinajstić information content (AvgIpc) is 2.98. The van der Waals surface area contributed by atoms with Gasteiger partial charge in [-0.05, 0) is 36.4 Å². The number of methoxy groups -OCH3 is 1. The number of hydrogen-bond acceptors (Lipinski definition) is 7. The van der Waals surface area contributed by atoms with Crippen LogP contribution in [0.1, 0.15) is 0 Å². The van der Waals surface area contributed by atoms with Crippen LogP contribution in [0.2, 0.25) is 0 Å². The number of anilines is 1. The van der Waals surface area contributed by atoms with Crippen LogP contribution in [0.3, 0.4) is 0 Å². The highest BCUT2D eigenvalue weighted by atomic mass is 16.5. The smallest absolute Gasteiger partial charge is 0.278 e. The van der Waals surface area contributed by atoms with Crippen molar-refractivity contribution < 1.29 is 9.26 Å². The van der Waals surface area contributed by atoms with E-state index in [1.165, 1.54) is 0 Å². The van der Waals surface area contributed by atoms with Gasteiger partial charge in [-0.15, -0.1) is 10.2 Å². The number of ether oxygens (including phenoxy) is 1. The number of nitrogens with two attached hydrogens (primary N) is 1. The van der Waals surface area contributed by atoms with Gasteiger partial charge in [0.15, 0.2) is 5.69 Å². The molecule has 0 unspecified atom stereocenters. The highest BCUT2D eigenvalue weighted by molar-refractivity contribution is 5.58. The number of benzene rings is 1. The molecule has 0 atom stereocenters. The van der Waals surface area contributed by atoms with E-state index in [2.05, 4.69) is 20.3 Å². The van der Waals surface area contributed by atoms with E-state index in [1.54, 1.807) is 19.2 Å². The van der Waals surface area contributed by atoms with Gasteiger partial charge in [-0.25, -0.2) is 0 Å². The molecular formula is C13H11N5O2. The maximum atomic E-state index is 5.48. The standard InChI is InChI=1S/C13H11N5O2/c1-19-9-4-2-8(3-5-9)12-15-13(20-18-12)10-6-7-11(14)17-16-10/h2-7H,1H3,(H2,14,17). The fourth-order valence-electron chi connectivity index (χ4n) is 1.64. The molecule has 20 heavy (non-hydrogen) atoms. The summed E-state index contributed by atoms with van der Waals surface area (Å²) in [6, 6.07) is 10.7. The molecule has 7 heteroatoms. The van der Waals surface area contributed by atoms with E-state index in [0.717, 1.165) is 11.3 Å². The fraction of sp³-hybridized carbons (Fsp3) is 0.0769. The van der Waals surface area contributed by atoms with Crippen LogP contribution in [0.4, 0.5) is 5.82 Å². The van der Waals surface area contributed by atoms with E-state index in [4.69, 9.17) is 15.0 Å². The second-order valence-corrected chi connectivity index (χ2v) is 4.00. The highest BCUT2D eigenvalue weighted by Gasteiger charge is 2.12. The molecular weight excluding hydrogens is 258 g/mol. The van der Waals surface area contributed by atoms with Crippen molar-refractivity contribution in [2.24, 2.45) is 0 Å². The van der Waals surface area contributed by atoms with Gasteiger partial charge in [-0.2, -0.15) is 4.98 Å². The molecule has 0 saturated heterocycles. The van der Waals surface area contributed by atoms with Crippen molar-refractivity contribution >= 4 is 5.82 Å². The van der Waals surface area contributed by atoms with Crippen LogP contribution < -0.4 is 10.5 Å². The molecule has 0 aliphatic heterocycles. The molecule has 0 radical (unpaired) electrons. The van der Waals surface area contributed by atoms with Gasteiger partial charge in [0.25, 0.3) is 5.89 Å². The average molecular weight is 269 g/mol. The Kier molecular flexibility index (Phi) is 3.00. The van der Waals surface area contributed by atoms with Crippen LogP contribution in [-0.2, 0) is 0 Å². The topological polar surface area (TPSA) is 100.0 Å². The zero-order valence-electron chi connectivity index (χ0n) is 10.6. The zero-order valence-corrected chi connectivity index (χ0v) is 10.6. The SMILES string of the molecule is COc1ccc(-c2noc(-c3ccc(N)nn3)n2)cc1. The first-order chi connectivity index (χ1) is 9.76. The van der Waals surface area contributed by atoms with Crippen LogP contribution in [0.15, 0.2) is 40.9 Å². The summed E-state index contributed by atoms with van der Waals surface area (Å²) >= 11 is 0. The molecule has 2 N–H and O–H groups in total. The Hall–Kier alpha value is -2.96. The minimum absolute atomic E-state index is 0.295. The van der Waals surface area contributed by atoms with E-state index < -0.39 is 0 Å². The Bertz CT molecular complexity index is 706. The van der Waals surface area contributed by atoms with Crippen LogP contribution >= 0.6 is 0 Å². The summed E-state index contributed by atoms with van der Waals surface area (Å²) in [5, 5.41) is 11.6. The van der Waals surface area contributed by atoms with Crippen LogP contribution in [-0.4, -0.2) is 27.4 Å². The zero-order chi connectivity index (χ0) is 13.9. The first-order valence-electron chi connectivity index (χ1n) is 5.84. The van der Waals surface area contributed by atoms with E-state index in [-0.39, 0.29) is 0 Å². The van der Waals surface area contributed by atoms with Crippen molar-refractivity contribution in [3.8, 4) is 28.7 Å². The molecule has 100 valence electrons. The molecule has 0 fully saturated rings. The number of nitrogen functional groups attached to an aromatic ring is 1. The third kappa shape index (κ3) is 2.28. The molecule has 0 saturated carbocycles. The Balaban J connectivity index is 1.91. The summed E-state index contributed by atoms with van der Waals surface area (Å²) in [5.41, 5.74) is 6.78. The molecule has 3 aromatic rings. The van der Waals surface area contributed by atoms with E-state index >= 15 is 0 Å². The molecule has 0 amide bonds. The largest absolute Gasteiger partial charge is 0.497 e. The lowest BCUT2D eigenvalue weighted by atomic mass is 10.2. The molecule has 2 aromatic heterocycles. The van der Waals surface area contributed by atoms with Crippen LogP contribution in [0, 0.1) is 0 Å². The van der Waals surface area contributed by atoms with Gasteiger partial charge < -0.3 is 15.0 Å². The summed E-state index contributed by atoms with van der Waals surface area (Å²) in [4.78, 5) is 4.27. The van der Waals surface area contributed by atoms with Gasteiger partial charge in [0.05, 0.1) is 7.11 Å². The molecule has 7 nitrogen and oxygen atoms in total. The second kappa shape index (κ2) is 4.96. The minimum Gasteiger partial charge on any atom is -0.497 e. The number of aromatic nitrogens is 4. The summed E-state index contributed by atoms with van der Waals surface area (Å²) in [5.74, 6) is 1.87. The third-order valence-electron chi connectivity index (χ3n) is 2.68. The Morgan fingerprint density at radius 3 is 2.50 bits per heavy atom. The molecule has 2 heterocycles. The molecule has 0 aliphatic rings. The van der Waals surface area contributed by atoms with Gasteiger partial charge in [0.1, 0.15) is 11.6 Å². The summed E-state index contributed by atoms with van der Waals surface area (Å²) in [6.07, 6.45) is 0. The summed E-state index contributed by atoms with van der Waals surface area (Å²) in [6.45, 7) is 0. The van der Waals surface area contributed by atoms with E-state index in [9.17, 15) is 0 Å². The quantitative estimate of drug-likeness (QED) is 0.773. The minimum atomic E-state index is 0.295. The van der Waals surface area contributed by atoms with Crippen molar-refractivity contribution in [3.63, 3.8) is 0 Å². The Labute approximate surface area is 114 Å². The maximum Gasteiger partial charge on any atom is 0.278 e. The van der Waals surface area contributed by atoms with Gasteiger partial charge in [0, 0.05) is 5.56 Å². The molecule has 3 rings (SSSR count). The summed E-state index contributed by atoms with van der Waals surface area (Å²) < 4.78 is 10.3. The Morgan fingerprint density at radius 1 is 1.05 bits per heavy atom. The Morgan fingerprint density at radius 2 is 1.85 bits per heavy atom. The lowest BCUT2D eigenvalue weighted by Crippen LogP contribution is -1.93. The maximum absolute atomic E-state index is 5.48. The molecule has 1 aromatic carbocycles. The predicted molar refractivity (Wildman–Crippen MR) is 71.7 cm³/mol. The van der Waals surface area contributed by atoms with Crippen molar-refractivity contribution in [1.82, 2.24) is 20.3 Å². The van der Waals surface area contributed by atoms with Crippen molar-refractivity contribution in [2.75, 3.05) is 12.8 Å². The van der Waals surface area contributed by atoms with Gasteiger partial charge >= 0.3 is 0 Å². The van der Waals surface area contributed by atoms with Gasteiger partial charge in [-0.1, -0.05) is 5.16 Å². The fourth-order valence-corrected chi connectivity index (χ4v) is 1.64. The van der Waals surface area contributed by atoms with Gasteiger partial charge in [-0.3, -0.25) is 0 Å². The number of nitrogens with zero attached hydrogens (tertiary/aromatic N) is 4. The molecule has 0 spiro atoms. The van der Waals surface area contributed by atoms with Crippen LogP contribution in [0.5, 0.6) is 5.75 Å². The van der Waals surface area contributed by atoms with E-state index in [1.807, 2.05) is 24.3 Å².